The van der Waals surface area contributed by atoms with Crippen LogP contribution in [0.5, 0.6) is 0 Å². The van der Waals surface area contributed by atoms with E-state index in [2.05, 4.69) is 0 Å². The number of aryl methyl sites for hydroxylation is 1. The molecular weight excluding hydrogens is 439 g/mol. The number of nitrogens with zero attached hydrogens (tertiary/aromatic N) is 2. The van der Waals surface area contributed by atoms with E-state index in [1.54, 1.807) is 55.6 Å². The smallest absolute Gasteiger partial charge is 0.264 e. The second-order valence-electron chi connectivity index (χ2n) is 7.18. The highest BCUT2D eigenvalue weighted by Gasteiger charge is 2.28. The molecule has 31 heavy (non-hydrogen) atoms. The van der Waals surface area contributed by atoms with Gasteiger partial charge in [-0.05, 0) is 61.0 Å². The van der Waals surface area contributed by atoms with E-state index in [9.17, 15) is 17.6 Å². The molecule has 0 fully saturated rings. The lowest BCUT2D eigenvalue weighted by Crippen LogP contribution is -2.41. The van der Waals surface area contributed by atoms with Gasteiger partial charge in [0.25, 0.3) is 10.0 Å². The van der Waals surface area contributed by atoms with Crippen LogP contribution in [0, 0.1) is 12.7 Å². The van der Waals surface area contributed by atoms with Gasteiger partial charge in [0.15, 0.2) is 0 Å². The van der Waals surface area contributed by atoms with Gasteiger partial charge in [0.2, 0.25) is 5.91 Å². The number of sulfonamides is 1. The lowest BCUT2D eigenvalue weighted by atomic mass is 10.2. The van der Waals surface area contributed by atoms with E-state index in [4.69, 9.17) is 11.6 Å². The lowest BCUT2D eigenvalue weighted by molar-refractivity contribution is -0.128. The number of halogens is 2. The van der Waals surface area contributed by atoms with Crippen LogP contribution < -0.4 is 4.31 Å². The average Bonchev–Trinajstić information content (AvgIpc) is 2.74. The van der Waals surface area contributed by atoms with Crippen LogP contribution in [0.3, 0.4) is 0 Å². The van der Waals surface area contributed by atoms with Gasteiger partial charge in [-0.15, -0.1) is 0 Å². The molecule has 0 spiro atoms. The second-order valence-corrected chi connectivity index (χ2v) is 9.48. The minimum atomic E-state index is -4.09. The number of hydrogen-bond donors (Lipinski definition) is 0. The van der Waals surface area contributed by atoms with E-state index in [-0.39, 0.29) is 10.8 Å². The van der Waals surface area contributed by atoms with Crippen molar-refractivity contribution in [3.63, 3.8) is 0 Å². The fourth-order valence-corrected chi connectivity index (χ4v) is 4.50. The van der Waals surface area contributed by atoms with Gasteiger partial charge in [0, 0.05) is 18.6 Å². The highest BCUT2D eigenvalue weighted by Crippen LogP contribution is 2.24. The zero-order valence-corrected chi connectivity index (χ0v) is 18.7. The molecule has 3 aromatic rings. The van der Waals surface area contributed by atoms with E-state index in [0.29, 0.717) is 17.3 Å². The Kier molecular flexibility index (Phi) is 6.97. The first-order valence-electron chi connectivity index (χ1n) is 9.50. The average molecular weight is 461 g/mol. The summed E-state index contributed by atoms with van der Waals surface area (Å²) >= 11 is 5.90. The predicted octanol–water partition coefficient (Wildman–Crippen LogP) is 4.64. The third kappa shape index (κ3) is 5.62. The van der Waals surface area contributed by atoms with Crippen molar-refractivity contribution in [1.29, 1.82) is 0 Å². The number of benzene rings is 3. The van der Waals surface area contributed by atoms with Crippen molar-refractivity contribution >= 4 is 33.2 Å². The second kappa shape index (κ2) is 9.49. The number of amides is 1. The quantitative estimate of drug-likeness (QED) is 0.516. The number of hydrogen-bond acceptors (Lipinski definition) is 3. The molecule has 162 valence electrons. The molecular formula is C23H22ClFN2O3S. The predicted molar refractivity (Wildman–Crippen MR) is 120 cm³/mol. The Morgan fingerprint density at radius 3 is 2.10 bits per heavy atom. The van der Waals surface area contributed by atoms with Crippen LogP contribution in [0.15, 0.2) is 77.7 Å². The number of anilines is 1. The van der Waals surface area contributed by atoms with Gasteiger partial charge in [-0.2, -0.15) is 0 Å². The molecule has 0 aliphatic rings. The van der Waals surface area contributed by atoms with Crippen molar-refractivity contribution < 1.29 is 17.6 Å². The summed E-state index contributed by atoms with van der Waals surface area (Å²) in [5.74, 6) is -0.930. The number of carbonyl (C=O) groups excluding carboxylic acids is 1. The SMILES string of the molecule is Cc1ccc(N(CC(=O)N(C)Cc2ccc(Cl)cc2)S(=O)(=O)c2ccc(F)cc2)cc1. The van der Waals surface area contributed by atoms with Crippen molar-refractivity contribution in [2.45, 2.75) is 18.4 Å². The van der Waals surface area contributed by atoms with Gasteiger partial charge in [0.1, 0.15) is 12.4 Å². The summed E-state index contributed by atoms with van der Waals surface area (Å²) in [6.07, 6.45) is 0. The molecule has 0 saturated carbocycles. The van der Waals surface area contributed by atoms with Gasteiger partial charge >= 0.3 is 0 Å². The molecule has 8 heteroatoms. The monoisotopic (exact) mass is 460 g/mol. The van der Waals surface area contributed by atoms with E-state index in [1.807, 2.05) is 6.92 Å². The zero-order valence-electron chi connectivity index (χ0n) is 17.1. The summed E-state index contributed by atoms with van der Waals surface area (Å²) in [5.41, 5.74) is 2.17. The Bertz CT molecular complexity index is 1150. The third-order valence-corrected chi connectivity index (χ3v) is 6.80. The molecule has 3 aromatic carbocycles. The molecule has 0 aromatic heterocycles. The largest absolute Gasteiger partial charge is 0.340 e. The van der Waals surface area contributed by atoms with Crippen LogP contribution >= 0.6 is 11.6 Å². The Balaban J connectivity index is 1.89. The molecule has 0 bridgehead atoms. The first kappa shape index (κ1) is 22.8. The molecule has 0 radical (unpaired) electrons. The van der Waals surface area contributed by atoms with Crippen molar-refractivity contribution in [3.8, 4) is 0 Å². The number of rotatable bonds is 7. The summed E-state index contributed by atoms with van der Waals surface area (Å²) in [6, 6.07) is 18.4. The van der Waals surface area contributed by atoms with Crippen molar-refractivity contribution in [2.75, 3.05) is 17.9 Å². The Morgan fingerprint density at radius 1 is 0.935 bits per heavy atom. The molecule has 3 rings (SSSR count). The van der Waals surface area contributed by atoms with Crippen LogP contribution in [-0.4, -0.2) is 32.8 Å². The van der Waals surface area contributed by atoms with E-state index >= 15 is 0 Å². The van der Waals surface area contributed by atoms with Crippen LogP contribution in [0.2, 0.25) is 5.02 Å². The minimum absolute atomic E-state index is 0.0948. The Morgan fingerprint density at radius 2 is 1.52 bits per heavy atom. The van der Waals surface area contributed by atoms with Crippen LogP contribution in [0.25, 0.3) is 0 Å². The van der Waals surface area contributed by atoms with Crippen LogP contribution in [-0.2, 0) is 21.4 Å². The maximum absolute atomic E-state index is 13.3. The fraction of sp³-hybridized carbons (Fsp3) is 0.174. The van der Waals surface area contributed by atoms with Gasteiger partial charge in [-0.1, -0.05) is 41.4 Å². The highest BCUT2D eigenvalue weighted by atomic mass is 35.5. The molecule has 0 aliphatic carbocycles. The Hall–Kier alpha value is -2.90. The fourth-order valence-electron chi connectivity index (χ4n) is 2.96. The summed E-state index contributed by atoms with van der Waals surface area (Å²) in [6.45, 7) is 1.79. The Labute approximate surface area is 186 Å². The van der Waals surface area contributed by atoms with E-state index in [1.165, 1.54) is 17.0 Å². The van der Waals surface area contributed by atoms with E-state index < -0.39 is 22.4 Å². The van der Waals surface area contributed by atoms with Crippen molar-refractivity contribution in [1.82, 2.24) is 4.90 Å². The molecule has 0 atom stereocenters. The van der Waals surface area contributed by atoms with Crippen LogP contribution in [0.1, 0.15) is 11.1 Å². The molecule has 1 amide bonds. The first-order chi connectivity index (χ1) is 14.7. The molecule has 5 nitrogen and oxygen atoms in total. The topological polar surface area (TPSA) is 57.7 Å². The molecule has 0 heterocycles. The summed E-state index contributed by atoms with van der Waals surface area (Å²) in [5, 5.41) is 0.591. The van der Waals surface area contributed by atoms with E-state index in [0.717, 1.165) is 27.6 Å². The van der Waals surface area contributed by atoms with Crippen molar-refractivity contribution in [2.24, 2.45) is 0 Å². The first-order valence-corrected chi connectivity index (χ1v) is 11.3. The third-order valence-electron chi connectivity index (χ3n) is 4.76. The van der Waals surface area contributed by atoms with Crippen LogP contribution in [0.4, 0.5) is 10.1 Å². The molecule has 0 N–H and O–H groups in total. The number of likely N-dealkylation sites (N-methyl/N-ethyl adjacent to an activating group) is 1. The minimum Gasteiger partial charge on any atom is -0.340 e. The zero-order chi connectivity index (χ0) is 22.6. The maximum Gasteiger partial charge on any atom is 0.264 e. The molecule has 0 saturated heterocycles. The maximum atomic E-state index is 13.3. The normalized spacial score (nSPS) is 11.2. The standard InChI is InChI=1S/C23H22ClFN2O3S/c1-17-3-11-21(12-4-17)27(31(29,30)22-13-9-20(25)10-14-22)16-23(28)26(2)15-18-5-7-19(24)8-6-18/h3-14H,15-16H2,1-2H3. The lowest BCUT2D eigenvalue weighted by Gasteiger charge is -2.27. The van der Waals surface area contributed by atoms with Gasteiger partial charge in [-0.3, -0.25) is 9.10 Å². The van der Waals surface area contributed by atoms with Gasteiger partial charge in [0.05, 0.1) is 10.6 Å². The number of carbonyl (C=O) groups is 1. The highest BCUT2D eigenvalue weighted by molar-refractivity contribution is 7.92. The summed E-state index contributed by atoms with van der Waals surface area (Å²) in [7, 11) is -2.48. The van der Waals surface area contributed by atoms with Crippen molar-refractivity contribution in [3.05, 3.63) is 94.8 Å². The molecule has 0 unspecified atom stereocenters. The summed E-state index contributed by atoms with van der Waals surface area (Å²) in [4.78, 5) is 14.3. The van der Waals surface area contributed by atoms with Gasteiger partial charge < -0.3 is 4.90 Å². The van der Waals surface area contributed by atoms with Gasteiger partial charge in [-0.25, -0.2) is 12.8 Å². The summed E-state index contributed by atoms with van der Waals surface area (Å²) < 4.78 is 41.0. The molecule has 0 aliphatic heterocycles.